The van der Waals surface area contributed by atoms with Gasteiger partial charge in [0, 0.05) is 6.54 Å². The number of nitrogens with zero attached hydrogens (tertiary/aromatic N) is 3. The van der Waals surface area contributed by atoms with Gasteiger partial charge >= 0.3 is 6.18 Å². The van der Waals surface area contributed by atoms with Crippen molar-refractivity contribution in [1.82, 2.24) is 10.2 Å². The Morgan fingerprint density at radius 3 is 2.67 bits per heavy atom. The minimum Gasteiger partial charge on any atom is -0.337 e. The number of piperidine rings is 1. The number of Topliss-reactive ketones (excluding diaryl/α,β-unsaturated/α-hetero) is 1. The van der Waals surface area contributed by atoms with E-state index < -0.39 is 11.2 Å². The maximum atomic E-state index is 12.4. The lowest BCUT2D eigenvalue weighted by molar-refractivity contribution is -0.138. The molecule has 0 amide bonds. The summed E-state index contributed by atoms with van der Waals surface area (Å²) < 4.78 is 37.3. The van der Waals surface area contributed by atoms with Gasteiger partial charge in [-0.2, -0.15) is 13.2 Å². The number of halogens is 3. The third-order valence-corrected chi connectivity index (χ3v) is 3.88. The molecule has 1 unspecified atom stereocenters. The van der Waals surface area contributed by atoms with Crippen LogP contribution >= 0.6 is 11.3 Å². The molecule has 0 N–H and O–H groups in total. The van der Waals surface area contributed by atoms with Crippen LogP contribution in [0.2, 0.25) is 0 Å². The second-order valence-corrected chi connectivity index (χ2v) is 5.16. The molecule has 1 aromatic rings. The van der Waals surface area contributed by atoms with E-state index >= 15 is 0 Å². The maximum Gasteiger partial charge on any atom is 0.445 e. The molecule has 1 fully saturated rings. The summed E-state index contributed by atoms with van der Waals surface area (Å²) in [6, 6.07) is -0.368. The molecule has 0 aliphatic carbocycles. The Morgan fingerprint density at radius 1 is 1.39 bits per heavy atom. The van der Waals surface area contributed by atoms with Gasteiger partial charge in [0.15, 0.2) is 5.78 Å². The van der Waals surface area contributed by atoms with Crippen molar-refractivity contribution in [2.75, 3.05) is 11.4 Å². The fourth-order valence-corrected chi connectivity index (χ4v) is 2.82. The van der Waals surface area contributed by atoms with E-state index in [1.165, 1.54) is 6.92 Å². The van der Waals surface area contributed by atoms with Crippen LogP contribution in [0.25, 0.3) is 0 Å². The van der Waals surface area contributed by atoms with Gasteiger partial charge in [-0.1, -0.05) is 11.3 Å². The lowest BCUT2D eigenvalue weighted by Gasteiger charge is -2.33. The van der Waals surface area contributed by atoms with Crippen molar-refractivity contribution < 1.29 is 18.0 Å². The first-order valence-corrected chi connectivity index (χ1v) is 6.39. The van der Waals surface area contributed by atoms with E-state index in [1.54, 1.807) is 4.90 Å². The molecule has 2 rings (SSSR count). The average Bonchev–Trinajstić information content (AvgIpc) is 2.77. The van der Waals surface area contributed by atoms with Crippen LogP contribution in [0.4, 0.5) is 18.3 Å². The van der Waals surface area contributed by atoms with Crippen LogP contribution in [0.5, 0.6) is 0 Å². The smallest absolute Gasteiger partial charge is 0.337 e. The van der Waals surface area contributed by atoms with Gasteiger partial charge in [-0.15, -0.1) is 10.2 Å². The molecule has 100 valence electrons. The quantitative estimate of drug-likeness (QED) is 0.834. The van der Waals surface area contributed by atoms with Gasteiger partial charge in [-0.25, -0.2) is 0 Å². The van der Waals surface area contributed by atoms with Crippen molar-refractivity contribution in [2.24, 2.45) is 0 Å². The number of hydrogen-bond acceptors (Lipinski definition) is 5. The highest BCUT2D eigenvalue weighted by Gasteiger charge is 2.37. The van der Waals surface area contributed by atoms with E-state index in [-0.39, 0.29) is 17.0 Å². The minimum atomic E-state index is -4.47. The molecule has 1 aliphatic heterocycles. The predicted molar refractivity (Wildman–Crippen MR) is 60.6 cm³/mol. The van der Waals surface area contributed by atoms with Gasteiger partial charge in [0.2, 0.25) is 10.1 Å². The minimum absolute atomic E-state index is 0.0431. The SMILES string of the molecule is CC(=O)C1CCCCN1c1nnc(C(F)(F)F)s1. The lowest BCUT2D eigenvalue weighted by Crippen LogP contribution is -2.43. The van der Waals surface area contributed by atoms with Crippen LogP contribution in [-0.2, 0) is 11.0 Å². The highest BCUT2D eigenvalue weighted by molar-refractivity contribution is 7.15. The number of carbonyl (C=O) groups excluding carboxylic acids is 1. The standard InChI is InChI=1S/C10H12F3N3OS/c1-6(17)7-4-2-3-5-16(7)9-15-14-8(18-9)10(11,12)13/h7H,2-5H2,1H3. The van der Waals surface area contributed by atoms with E-state index in [9.17, 15) is 18.0 Å². The van der Waals surface area contributed by atoms with Crippen LogP contribution in [0.15, 0.2) is 0 Å². The van der Waals surface area contributed by atoms with Crippen LogP contribution < -0.4 is 4.90 Å². The monoisotopic (exact) mass is 279 g/mol. The first-order chi connectivity index (χ1) is 8.39. The Morgan fingerprint density at radius 2 is 2.11 bits per heavy atom. The second kappa shape index (κ2) is 4.83. The molecule has 0 bridgehead atoms. The summed E-state index contributed by atoms with van der Waals surface area (Å²) in [5.41, 5.74) is 0. The summed E-state index contributed by atoms with van der Waals surface area (Å²) in [7, 11) is 0. The van der Waals surface area contributed by atoms with E-state index in [0.29, 0.717) is 24.3 Å². The van der Waals surface area contributed by atoms with E-state index in [0.717, 1.165) is 12.8 Å². The van der Waals surface area contributed by atoms with Gasteiger partial charge in [0.05, 0.1) is 6.04 Å². The number of rotatable bonds is 2. The van der Waals surface area contributed by atoms with E-state index in [2.05, 4.69) is 10.2 Å². The largest absolute Gasteiger partial charge is 0.445 e. The normalized spacial score (nSPS) is 21.1. The summed E-state index contributed by atoms with van der Waals surface area (Å²) in [4.78, 5) is 13.1. The van der Waals surface area contributed by atoms with Crippen molar-refractivity contribution >= 4 is 22.3 Å². The van der Waals surface area contributed by atoms with E-state index in [1.807, 2.05) is 0 Å². The van der Waals surface area contributed by atoms with Crippen molar-refractivity contribution in [1.29, 1.82) is 0 Å². The summed E-state index contributed by atoms with van der Waals surface area (Å²) >= 11 is 0.494. The van der Waals surface area contributed by atoms with Crippen LogP contribution in [0.3, 0.4) is 0 Å². The molecule has 0 saturated carbocycles. The molecule has 18 heavy (non-hydrogen) atoms. The number of anilines is 1. The van der Waals surface area contributed by atoms with Gasteiger partial charge in [0.1, 0.15) is 0 Å². The maximum absolute atomic E-state index is 12.4. The Labute approximate surface area is 106 Å². The Kier molecular flexibility index (Phi) is 3.56. The number of aromatic nitrogens is 2. The molecule has 1 saturated heterocycles. The zero-order valence-electron chi connectivity index (χ0n) is 9.70. The molecular formula is C10H12F3N3OS. The van der Waals surface area contributed by atoms with Crippen molar-refractivity contribution in [3.63, 3.8) is 0 Å². The summed E-state index contributed by atoms with van der Waals surface area (Å²) in [6.07, 6.45) is -2.05. The number of carbonyl (C=O) groups is 1. The molecule has 4 nitrogen and oxygen atoms in total. The van der Waals surface area contributed by atoms with E-state index in [4.69, 9.17) is 0 Å². The summed E-state index contributed by atoms with van der Waals surface area (Å²) in [6.45, 7) is 2.01. The fraction of sp³-hybridized carbons (Fsp3) is 0.700. The number of alkyl halides is 3. The average molecular weight is 279 g/mol. The van der Waals surface area contributed by atoms with Crippen molar-refractivity contribution in [3.8, 4) is 0 Å². The first-order valence-electron chi connectivity index (χ1n) is 5.57. The summed E-state index contributed by atoms with van der Waals surface area (Å²) in [5, 5.41) is 5.92. The molecule has 0 aromatic carbocycles. The third kappa shape index (κ3) is 2.63. The molecule has 1 atom stereocenters. The zero-order valence-corrected chi connectivity index (χ0v) is 10.5. The van der Waals surface area contributed by atoms with Gasteiger partial charge in [0.25, 0.3) is 0 Å². The number of ketones is 1. The fourth-order valence-electron chi connectivity index (χ4n) is 2.03. The van der Waals surface area contributed by atoms with Gasteiger partial charge in [-0.3, -0.25) is 4.79 Å². The van der Waals surface area contributed by atoms with Crippen LogP contribution in [0, 0.1) is 0 Å². The molecule has 0 radical (unpaired) electrons. The number of hydrogen-bond donors (Lipinski definition) is 0. The second-order valence-electron chi connectivity index (χ2n) is 4.20. The predicted octanol–water partition coefficient (Wildman–Crippen LogP) is 2.50. The first kappa shape index (κ1) is 13.3. The third-order valence-electron chi connectivity index (χ3n) is 2.87. The molecule has 1 aliphatic rings. The van der Waals surface area contributed by atoms with Gasteiger partial charge in [-0.05, 0) is 26.2 Å². The van der Waals surface area contributed by atoms with Crippen LogP contribution in [-0.4, -0.2) is 28.6 Å². The molecule has 1 aromatic heterocycles. The zero-order chi connectivity index (χ0) is 13.3. The van der Waals surface area contributed by atoms with Gasteiger partial charge < -0.3 is 4.90 Å². The molecule has 2 heterocycles. The van der Waals surface area contributed by atoms with Crippen LogP contribution in [0.1, 0.15) is 31.2 Å². The molecule has 8 heteroatoms. The highest BCUT2D eigenvalue weighted by atomic mass is 32.1. The Balaban J connectivity index is 2.24. The Bertz CT molecular complexity index is 446. The molecular weight excluding hydrogens is 267 g/mol. The summed E-state index contributed by atoms with van der Waals surface area (Å²) in [5.74, 6) is -0.0431. The highest BCUT2D eigenvalue weighted by Crippen LogP contribution is 2.36. The van der Waals surface area contributed by atoms with Crippen molar-refractivity contribution in [3.05, 3.63) is 5.01 Å². The lowest BCUT2D eigenvalue weighted by atomic mass is 10.00. The Hall–Kier alpha value is -1.18. The van der Waals surface area contributed by atoms with Crippen molar-refractivity contribution in [2.45, 2.75) is 38.4 Å². The topological polar surface area (TPSA) is 46.1 Å². The molecule has 0 spiro atoms.